The maximum Gasteiger partial charge on any atom is 0.0468 e. The van der Waals surface area contributed by atoms with Gasteiger partial charge in [0.05, 0.1) is 0 Å². The third kappa shape index (κ3) is 6.42. The molecule has 63 heavy (non-hydrogen) atoms. The van der Waals surface area contributed by atoms with Crippen LogP contribution in [0.3, 0.4) is 0 Å². The molecule has 0 bridgehead atoms. The maximum absolute atomic E-state index is 2.40. The molecular formula is C62H41N. The van der Waals surface area contributed by atoms with Crippen LogP contribution in [0.15, 0.2) is 249 Å². The molecule has 0 aliphatic carbocycles. The van der Waals surface area contributed by atoms with Gasteiger partial charge < -0.3 is 4.90 Å². The van der Waals surface area contributed by atoms with Gasteiger partial charge in [-0.25, -0.2) is 0 Å². The number of hydrogen-bond donors (Lipinski definition) is 0. The number of anilines is 3. The second kappa shape index (κ2) is 15.3. The van der Waals surface area contributed by atoms with Gasteiger partial charge in [0.2, 0.25) is 0 Å². The van der Waals surface area contributed by atoms with Crippen molar-refractivity contribution in [1.29, 1.82) is 0 Å². The van der Waals surface area contributed by atoms with Gasteiger partial charge in [0.15, 0.2) is 0 Å². The number of fused-ring (bicyclic) bond motifs is 8. The highest BCUT2D eigenvalue weighted by Gasteiger charge is 2.18. The summed E-state index contributed by atoms with van der Waals surface area (Å²) in [6, 6.07) is 91.0. The highest BCUT2D eigenvalue weighted by molar-refractivity contribution is 6.25. The molecule has 1 heteroatoms. The number of nitrogens with zero attached hydrogens (tertiary/aromatic N) is 1. The lowest BCUT2D eigenvalue weighted by Gasteiger charge is -2.27. The molecule has 0 aliphatic heterocycles. The SMILES string of the molecule is c1ccc(-c2c(-c3ccc(N(c4ccc(-c5ccc(-c6cccc7ccccc67)cc5)cc4)c4ccc5c6ccccc6c6ccccc6c5c4)cc3)ccc3ccccc23)cc1. The summed E-state index contributed by atoms with van der Waals surface area (Å²) in [5.41, 5.74) is 13.0. The Kier molecular flexibility index (Phi) is 8.90. The molecule has 1 nitrogen and oxygen atoms in total. The Morgan fingerprint density at radius 1 is 0.206 bits per heavy atom. The predicted octanol–water partition coefficient (Wildman–Crippen LogP) is 17.6. The van der Waals surface area contributed by atoms with E-state index in [1.54, 1.807) is 0 Å². The summed E-state index contributed by atoms with van der Waals surface area (Å²) < 4.78 is 0. The van der Waals surface area contributed by atoms with E-state index in [0.29, 0.717) is 0 Å². The lowest BCUT2D eigenvalue weighted by Crippen LogP contribution is -2.10. The first-order valence-corrected chi connectivity index (χ1v) is 21.7. The van der Waals surface area contributed by atoms with Crippen molar-refractivity contribution >= 4 is 70.9 Å². The van der Waals surface area contributed by atoms with Crippen LogP contribution < -0.4 is 4.90 Å². The lowest BCUT2D eigenvalue weighted by molar-refractivity contribution is 1.29. The second-order valence-electron chi connectivity index (χ2n) is 16.4. The van der Waals surface area contributed by atoms with Crippen molar-refractivity contribution in [3.8, 4) is 44.5 Å². The minimum Gasteiger partial charge on any atom is -0.310 e. The first-order valence-electron chi connectivity index (χ1n) is 21.7. The van der Waals surface area contributed by atoms with E-state index in [1.165, 1.54) is 98.4 Å². The van der Waals surface area contributed by atoms with Crippen molar-refractivity contribution in [3.05, 3.63) is 249 Å². The van der Waals surface area contributed by atoms with Crippen LogP contribution in [0, 0.1) is 0 Å². The topological polar surface area (TPSA) is 3.24 Å². The van der Waals surface area contributed by atoms with Crippen LogP contribution in [-0.2, 0) is 0 Å². The summed E-state index contributed by atoms with van der Waals surface area (Å²) >= 11 is 0. The zero-order chi connectivity index (χ0) is 41.7. The van der Waals surface area contributed by atoms with E-state index >= 15 is 0 Å². The molecule has 12 aromatic rings. The average Bonchev–Trinajstić information content (AvgIpc) is 3.37. The highest BCUT2D eigenvalue weighted by atomic mass is 15.1. The van der Waals surface area contributed by atoms with Gasteiger partial charge in [0.25, 0.3) is 0 Å². The monoisotopic (exact) mass is 799 g/mol. The quantitative estimate of drug-likeness (QED) is 0.145. The Balaban J connectivity index is 0.974. The Bertz CT molecular complexity index is 3600. The fourth-order valence-electron chi connectivity index (χ4n) is 9.82. The molecule has 0 aromatic heterocycles. The summed E-state index contributed by atoms with van der Waals surface area (Å²) in [6.07, 6.45) is 0. The number of benzene rings is 12. The van der Waals surface area contributed by atoms with Crippen LogP contribution >= 0.6 is 0 Å². The van der Waals surface area contributed by atoms with Crippen LogP contribution in [0.4, 0.5) is 17.1 Å². The van der Waals surface area contributed by atoms with E-state index in [4.69, 9.17) is 0 Å². The van der Waals surface area contributed by atoms with Crippen molar-refractivity contribution in [3.63, 3.8) is 0 Å². The van der Waals surface area contributed by atoms with E-state index in [1.807, 2.05) is 0 Å². The molecule has 12 rings (SSSR count). The van der Waals surface area contributed by atoms with Crippen LogP contribution in [0.25, 0.3) is 98.4 Å². The van der Waals surface area contributed by atoms with Gasteiger partial charge in [-0.3, -0.25) is 0 Å². The van der Waals surface area contributed by atoms with Gasteiger partial charge in [0, 0.05) is 17.1 Å². The molecule has 0 amide bonds. The largest absolute Gasteiger partial charge is 0.310 e. The third-order valence-electron chi connectivity index (χ3n) is 12.9. The minimum absolute atomic E-state index is 1.09. The van der Waals surface area contributed by atoms with Crippen molar-refractivity contribution in [1.82, 2.24) is 0 Å². The summed E-state index contributed by atoms with van der Waals surface area (Å²) in [6.45, 7) is 0. The summed E-state index contributed by atoms with van der Waals surface area (Å²) in [4.78, 5) is 2.40. The van der Waals surface area contributed by atoms with Crippen LogP contribution in [0.2, 0.25) is 0 Å². The first-order chi connectivity index (χ1) is 31.2. The lowest BCUT2D eigenvalue weighted by atomic mass is 9.89. The van der Waals surface area contributed by atoms with E-state index in [0.717, 1.165) is 17.1 Å². The molecule has 0 aliphatic rings. The van der Waals surface area contributed by atoms with Crippen molar-refractivity contribution in [2.45, 2.75) is 0 Å². The average molecular weight is 800 g/mol. The third-order valence-corrected chi connectivity index (χ3v) is 12.9. The van der Waals surface area contributed by atoms with Crippen LogP contribution in [-0.4, -0.2) is 0 Å². The van der Waals surface area contributed by atoms with Crippen molar-refractivity contribution in [2.75, 3.05) is 4.90 Å². The molecule has 0 saturated carbocycles. The molecule has 0 fully saturated rings. The standard InChI is InChI=1S/C62H41N/c1-2-15-48(16-3-1)62-54-19-7-5-14-45(54)33-39-55(62)47-31-36-50(37-32-47)63(51-38-40-60-58-22-9-8-20-56(58)57-21-10-11-23-59(57)61(60)41-51)49-34-29-43(30-35-49)42-25-27-46(28-26-42)53-24-12-17-44-13-4-6-18-52(44)53/h1-41H. The maximum atomic E-state index is 2.40. The van der Waals surface area contributed by atoms with Gasteiger partial charge in [-0.1, -0.05) is 212 Å². The number of rotatable bonds is 7. The van der Waals surface area contributed by atoms with Gasteiger partial charge >= 0.3 is 0 Å². The molecule has 0 N–H and O–H groups in total. The molecule has 294 valence electrons. The van der Waals surface area contributed by atoms with Crippen LogP contribution in [0.5, 0.6) is 0 Å². The fourth-order valence-corrected chi connectivity index (χ4v) is 9.82. The molecule has 12 aromatic carbocycles. The summed E-state index contributed by atoms with van der Waals surface area (Å²) in [5.74, 6) is 0. The Morgan fingerprint density at radius 3 is 1.27 bits per heavy atom. The number of hydrogen-bond acceptors (Lipinski definition) is 1. The molecule has 0 atom stereocenters. The van der Waals surface area contributed by atoms with Crippen molar-refractivity contribution in [2.24, 2.45) is 0 Å². The zero-order valence-electron chi connectivity index (χ0n) is 34.6. The fraction of sp³-hybridized carbons (Fsp3) is 0. The Morgan fingerprint density at radius 2 is 0.635 bits per heavy atom. The molecular weight excluding hydrogens is 759 g/mol. The molecule has 0 radical (unpaired) electrons. The van der Waals surface area contributed by atoms with Crippen LogP contribution in [0.1, 0.15) is 0 Å². The van der Waals surface area contributed by atoms with E-state index < -0.39 is 0 Å². The minimum atomic E-state index is 1.09. The predicted molar refractivity (Wildman–Crippen MR) is 270 cm³/mol. The molecule has 0 saturated heterocycles. The zero-order valence-corrected chi connectivity index (χ0v) is 34.6. The summed E-state index contributed by atoms with van der Waals surface area (Å²) in [5, 5.41) is 12.6. The highest BCUT2D eigenvalue weighted by Crippen LogP contribution is 2.43. The normalized spacial score (nSPS) is 11.5. The Labute approximate surface area is 367 Å². The van der Waals surface area contributed by atoms with Crippen molar-refractivity contribution < 1.29 is 0 Å². The van der Waals surface area contributed by atoms with Gasteiger partial charge in [-0.15, -0.1) is 0 Å². The van der Waals surface area contributed by atoms with E-state index in [2.05, 4.69) is 254 Å². The van der Waals surface area contributed by atoms with Gasteiger partial charge in [0.1, 0.15) is 0 Å². The van der Waals surface area contributed by atoms with Gasteiger partial charge in [-0.2, -0.15) is 0 Å². The van der Waals surface area contributed by atoms with Gasteiger partial charge in [-0.05, 0) is 135 Å². The molecule has 0 spiro atoms. The summed E-state index contributed by atoms with van der Waals surface area (Å²) in [7, 11) is 0. The van der Waals surface area contributed by atoms with E-state index in [-0.39, 0.29) is 0 Å². The molecule has 0 heterocycles. The van der Waals surface area contributed by atoms with E-state index in [9.17, 15) is 0 Å². The first kappa shape index (κ1) is 36.6. The Hall–Kier alpha value is -8.26. The smallest absolute Gasteiger partial charge is 0.0468 e. The molecule has 0 unspecified atom stereocenters. The second-order valence-corrected chi connectivity index (χ2v) is 16.4.